The molecule has 162 valence electrons. The van der Waals surface area contributed by atoms with Crippen LogP contribution in [0.25, 0.3) is 21.9 Å². The minimum Gasteiger partial charge on any atom is -0.493 e. The molecule has 0 saturated heterocycles. The molecule has 0 N–H and O–H groups in total. The molecule has 2 aromatic heterocycles. The summed E-state index contributed by atoms with van der Waals surface area (Å²) in [4.78, 5) is 32.5. The van der Waals surface area contributed by atoms with E-state index in [1.165, 1.54) is 25.8 Å². The standard InChI is InChI=1S/C22H18N4O5S/c1-25-13-8-6-5-7-12(13)16(20(25)27)18-21(28)26-22(32-18)23-19(24-26)11-9-14(29-2)17(31-4)15(10-11)30-3/h5-10H,1-4H3/b18-16-. The first-order chi connectivity index (χ1) is 15.5. The number of likely N-dealkylation sites (N-methyl/N-ethyl adjacent to an activating group) is 1. The lowest BCUT2D eigenvalue weighted by Crippen LogP contribution is -2.30. The number of anilines is 1. The van der Waals surface area contributed by atoms with Gasteiger partial charge in [-0.1, -0.05) is 29.5 Å². The fraction of sp³-hybridized carbons (Fsp3) is 0.182. The smallest absolute Gasteiger partial charge is 0.291 e. The van der Waals surface area contributed by atoms with E-state index in [-0.39, 0.29) is 11.5 Å². The number of methoxy groups -OCH3 is 3. The molecule has 3 heterocycles. The van der Waals surface area contributed by atoms with Crippen molar-refractivity contribution in [3.05, 3.63) is 56.8 Å². The predicted octanol–water partition coefficient (Wildman–Crippen LogP) is 1.74. The average Bonchev–Trinajstić information content (AvgIpc) is 3.44. The van der Waals surface area contributed by atoms with Crippen molar-refractivity contribution in [1.29, 1.82) is 0 Å². The quantitative estimate of drug-likeness (QED) is 0.467. The normalized spacial score (nSPS) is 14.8. The molecule has 9 nitrogen and oxygen atoms in total. The molecule has 32 heavy (non-hydrogen) atoms. The summed E-state index contributed by atoms with van der Waals surface area (Å²) in [6, 6.07) is 10.8. The molecular formula is C22H18N4O5S. The van der Waals surface area contributed by atoms with Crippen LogP contribution in [0.3, 0.4) is 0 Å². The van der Waals surface area contributed by atoms with Crippen molar-refractivity contribution < 1.29 is 19.0 Å². The summed E-state index contributed by atoms with van der Waals surface area (Å²) < 4.78 is 17.7. The maximum absolute atomic E-state index is 13.2. The second kappa shape index (κ2) is 7.34. The number of hydrogen-bond acceptors (Lipinski definition) is 8. The van der Waals surface area contributed by atoms with Gasteiger partial charge in [-0.3, -0.25) is 9.59 Å². The molecule has 10 heteroatoms. The van der Waals surface area contributed by atoms with Crippen LogP contribution in [0.15, 0.2) is 41.2 Å². The molecule has 2 aromatic carbocycles. The Morgan fingerprint density at radius 2 is 1.66 bits per heavy atom. The third kappa shape index (κ3) is 2.76. The van der Waals surface area contributed by atoms with E-state index < -0.39 is 0 Å². The Hall–Kier alpha value is -3.92. The van der Waals surface area contributed by atoms with E-state index in [1.54, 1.807) is 24.1 Å². The molecule has 4 aromatic rings. The Morgan fingerprint density at radius 1 is 0.969 bits per heavy atom. The second-order valence-electron chi connectivity index (χ2n) is 7.04. The van der Waals surface area contributed by atoms with E-state index in [4.69, 9.17) is 14.2 Å². The van der Waals surface area contributed by atoms with Crippen LogP contribution in [0, 0.1) is 0 Å². The summed E-state index contributed by atoms with van der Waals surface area (Å²) in [5.41, 5.74) is 2.09. The third-order valence-corrected chi connectivity index (χ3v) is 6.39. The van der Waals surface area contributed by atoms with Gasteiger partial charge < -0.3 is 19.1 Å². The Kier molecular flexibility index (Phi) is 4.59. The summed E-state index contributed by atoms with van der Waals surface area (Å²) >= 11 is 1.14. The number of nitrogens with zero attached hydrogens (tertiary/aromatic N) is 4. The number of benzene rings is 2. The first-order valence-corrected chi connectivity index (χ1v) is 10.4. The van der Waals surface area contributed by atoms with E-state index in [9.17, 15) is 9.59 Å². The highest BCUT2D eigenvalue weighted by molar-refractivity contribution is 7.15. The van der Waals surface area contributed by atoms with Crippen LogP contribution in [0.4, 0.5) is 5.69 Å². The van der Waals surface area contributed by atoms with Gasteiger partial charge in [-0.2, -0.15) is 9.50 Å². The first-order valence-electron chi connectivity index (χ1n) is 9.60. The predicted molar refractivity (Wildman–Crippen MR) is 120 cm³/mol. The molecule has 0 bridgehead atoms. The fourth-order valence-corrected chi connectivity index (χ4v) is 4.80. The van der Waals surface area contributed by atoms with Crippen LogP contribution in [-0.4, -0.2) is 48.9 Å². The van der Waals surface area contributed by atoms with Crippen LogP contribution in [0.5, 0.6) is 17.2 Å². The molecule has 1 amide bonds. The van der Waals surface area contributed by atoms with Crippen molar-refractivity contribution in [2.24, 2.45) is 0 Å². The number of para-hydroxylation sites is 1. The van der Waals surface area contributed by atoms with Gasteiger partial charge >= 0.3 is 0 Å². The van der Waals surface area contributed by atoms with Gasteiger partial charge in [-0.05, 0) is 18.2 Å². The van der Waals surface area contributed by atoms with Gasteiger partial charge in [0.1, 0.15) is 4.53 Å². The average molecular weight is 450 g/mol. The largest absolute Gasteiger partial charge is 0.493 e. The minimum atomic E-state index is -0.385. The molecule has 1 aliphatic rings. The van der Waals surface area contributed by atoms with Gasteiger partial charge in [-0.15, -0.1) is 5.10 Å². The lowest BCUT2D eigenvalue weighted by atomic mass is 10.1. The summed E-state index contributed by atoms with van der Waals surface area (Å²) in [6.45, 7) is 0. The molecule has 0 aliphatic carbocycles. The van der Waals surface area contributed by atoms with E-state index in [0.717, 1.165) is 22.6 Å². The van der Waals surface area contributed by atoms with Crippen LogP contribution in [-0.2, 0) is 4.79 Å². The number of rotatable bonds is 4. The molecular weight excluding hydrogens is 432 g/mol. The van der Waals surface area contributed by atoms with Crippen molar-refractivity contribution in [2.45, 2.75) is 0 Å². The Balaban J connectivity index is 1.70. The SMILES string of the molecule is COc1cc(-c2nc3s/c(=C4\C(=O)N(C)c5ccccc54)c(=O)n3n2)cc(OC)c1OC. The van der Waals surface area contributed by atoms with E-state index in [2.05, 4.69) is 10.1 Å². The highest BCUT2D eigenvalue weighted by Crippen LogP contribution is 2.40. The Bertz CT molecular complexity index is 1480. The van der Waals surface area contributed by atoms with Crippen molar-refractivity contribution >= 4 is 33.5 Å². The molecule has 0 radical (unpaired) electrons. The van der Waals surface area contributed by atoms with Gasteiger partial charge in [0, 0.05) is 18.2 Å². The lowest BCUT2D eigenvalue weighted by Gasteiger charge is -2.12. The lowest BCUT2D eigenvalue weighted by molar-refractivity contribution is -0.112. The van der Waals surface area contributed by atoms with E-state index in [0.29, 0.717) is 43.7 Å². The van der Waals surface area contributed by atoms with Gasteiger partial charge in [-0.25, -0.2) is 0 Å². The third-order valence-electron chi connectivity index (χ3n) is 5.36. The maximum atomic E-state index is 13.2. The zero-order valence-corrected chi connectivity index (χ0v) is 18.5. The summed E-state index contributed by atoms with van der Waals surface area (Å²) in [7, 11) is 6.26. The van der Waals surface area contributed by atoms with Crippen molar-refractivity contribution in [3.63, 3.8) is 0 Å². The van der Waals surface area contributed by atoms with Gasteiger partial charge in [0.2, 0.25) is 10.7 Å². The number of ether oxygens (including phenoxy) is 3. The summed E-state index contributed by atoms with van der Waals surface area (Å²) in [5.74, 6) is 1.46. The molecule has 0 saturated carbocycles. The zero-order valence-electron chi connectivity index (χ0n) is 17.7. The van der Waals surface area contributed by atoms with Crippen molar-refractivity contribution in [2.75, 3.05) is 33.3 Å². The number of thiazole rings is 1. The summed E-state index contributed by atoms with van der Waals surface area (Å²) in [6.07, 6.45) is 0. The van der Waals surface area contributed by atoms with Crippen LogP contribution in [0.2, 0.25) is 0 Å². The highest BCUT2D eigenvalue weighted by Gasteiger charge is 2.32. The monoisotopic (exact) mass is 450 g/mol. The van der Waals surface area contributed by atoms with Gasteiger partial charge in [0.15, 0.2) is 17.3 Å². The van der Waals surface area contributed by atoms with E-state index in [1.807, 2.05) is 24.3 Å². The van der Waals surface area contributed by atoms with E-state index >= 15 is 0 Å². The minimum absolute atomic E-state index is 0.224. The molecule has 0 fully saturated rings. The molecule has 0 atom stereocenters. The zero-order chi connectivity index (χ0) is 22.6. The van der Waals surface area contributed by atoms with Crippen molar-refractivity contribution in [3.8, 4) is 28.6 Å². The Morgan fingerprint density at radius 3 is 2.28 bits per heavy atom. The fourth-order valence-electron chi connectivity index (χ4n) is 3.81. The Labute approximate surface area is 186 Å². The van der Waals surface area contributed by atoms with Gasteiger partial charge in [0.25, 0.3) is 11.5 Å². The van der Waals surface area contributed by atoms with Crippen LogP contribution in [0.1, 0.15) is 5.56 Å². The van der Waals surface area contributed by atoms with Crippen LogP contribution >= 0.6 is 11.3 Å². The first kappa shape index (κ1) is 20.0. The van der Waals surface area contributed by atoms with Crippen LogP contribution < -0.4 is 29.2 Å². The second-order valence-corrected chi connectivity index (χ2v) is 8.01. The molecule has 5 rings (SSSR count). The maximum Gasteiger partial charge on any atom is 0.291 e. The highest BCUT2D eigenvalue weighted by atomic mass is 32.1. The molecule has 0 spiro atoms. The molecule has 1 aliphatic heterocycles. The number of amides is 1. The number of carbonyl (C=O) groups is 1. The number of hydrogen-bond donors (Lipinski definition) is 0. The topological polar surface area (TPSA) is 95.3 Å². The number of fused-ring (bicyclic) bond motifs is 2. The number of aromatic nitrogens is 3. The number of carbonyl (C=O) groups excluding carboxylic acids is 1. The molecule has 0 unspecified atom stereocenters. The van der Waals surface area contributed by atoms with Crippen molar-refractivity contribution in [1.82, 2.24) is 14.6 Å². The van der Waals surface area contributed by atoms with Gasteiger partial charge in [0.05, 0.1) is 32.6 Å². The summed E-state index contributed by atoms with van der Waals surface area (Å²) in [5, 5.41) is 4.39.